The molecule has 0 radical (unpaired) electrons. The summed E-state index contributed by atoms with van der Waals surface area (Å²) in [5.41, 5.74) is 2.49. The lowest BCUT2D eigenvalue weighted by Crippen LogP contribution is -2.30. The third-order valence-electron chi connectivity index (χ3n) is 4.89. The van der Waals surface area contributed by atoms with Crippen molar-refractivity contribution in [2.45, 2.75) is 14.9 Å². The zero-order valence-corrected chi connectivity index (χ0v) is 19.3. The van der Waals surface area contributed by atoms with Gasteiger partial charge < -0.3 is 4.74 Å². The Hall–Kier alpha value is -2.94. The molecule has 0 unspecified atom stereocenters. The van der Waals surface area contributed by atoms with Crippen LogP contribution in [0.1, 0.15) is 0 Å². The molecule has 2 heterocycles. The van der Waals surface area contributed by atoms with Gasteiger partial charge in [-0.2, -0.15) is 0 Å². The molecule has 1 aromatic heterocycles. The predicted molar refractivity (Wildman–Crippen MR) is 128 cm³/mol. The molecular formula is C23H17ClN4O2S2. The first-order valence-electron chi connectivity index (χ1n) is 9.72. The van der Waals surface area contributed by atoms with Gasteiger partial charge in [-0.3, -0.25) is 14.8 Å². The summed E-state index contributed by atoms with van der Waals surface area (Å²) in [5.74, 6) is 1.32. The maximum absolute atomic E-state index is 13.3. The number of para-hydroxylation sites is 2. The second-order valence-electron chi connectivity index (χ2n) is 6.87. The van der Waals surface area contributed by atoms with Gasteiger partial charge >= 0.3 is 0 Å². The number of amides is 1. The number of carbonyl (C=O) groups excluding carboxylic acids is 1. The van der Waals surface area contributed by atoms with Gasteiger partial charge in [0, 0.05) is 14.8 Å². The molecule has 0 saturated carbocycles. The average Bonchev–Trinajstić information content (AvgIpc) is 3.30. The number of rotatable bonds is 5. The van der Waals surface area contributed by atoms with Crippen LogP contribution in [0.3, 0.4) is 0 Å². The van der Waals surface area contributed by atoms with Crippen LogP contribution in [0.15, 0.2) is 81.7 Å². The Labute approximate surface area is 198 Å². The number of hydrogen-bond donors (Lipinski definition) is 1. The summed E-state index contributed by atoms with van der Waals surface area (Å²) >= 11 is 9.08. The van der Waals surface area contributed by atoms with E-state index in [1.54, 1.807) is 42.0 Å². The van der Waals surface area contributed by atoms with E-state index in [-0.39, 0.29) is 11.7 Å². The third-order valence-corrected chi connectivity index (χ3v) is 7.09. The number of hydrogen-bond acceptors (Lipinski definition) is 6. The quantitative estimate of drug-likeness (QED) is 0.350. The predicted octanol–water partition coefficient (Wildman–Crippen LogP) is 6.06. The molecule has 5 rings (SSSR count). The molecule has 1 aliphatic rings. The number of methoxy groups -OCH3 is 1. The Balaban J connectivity index is 1.37. The molecule has 0 saturated heterocycles. The van der Waals surface area contributed by atoms with Crippen molar-refractivity contribution in [3.05, 3.63) is 71.8 Å². The van der Waals surface area contributed by atoms with Crippen molar-refractivity contribution in [2.75, 3.05) is 17.8 Å². The molecule has 32 heavy (non-hydrogen) atoms. The lowest BCUT2D eigenvalue weighted by molar-refractivity contribution is -0.115. The van der Waals surface area contributed by atoms with Crippen molar-refractivity contribution in [3.8, 4) is 17.1 Å². The summed E-state index contributed by atoms with van der Waals surface area (Å²) in [6.07, 6.45) is 0. The van der Waals surface area contributed by atoms with Crippen molar-refractivity contribution >= 4 is 52.4 Å². The number of nitrogens with one attached hydrogen (secondary N) is 1. The van der Waals surface area contributed by atoms with Gasteiger partial charge in [-0.05, 0) is 42.5 Å². The number of H-pyrrole nitrogens is 1. The van der Waals surface area contributed by atoms with Crippen molar-refractivity contribution in [3.63, 3.8) is 0 Å². The van der Waals surface area contributed by atoms with Gasteiger partial charge in [-0.15, -0.1) is 5.10 Å². The van der Waals surface area contributed by atoms with E-state index in [1.165, 1.54) is 11.8 Å². The minimum atomic E-state index is -0.0399. The van der Waals surface area contributed by atoms with E-state index < -0.39 is 0 Å². The molecule has 6 nitrogen and oxygen atoms in total. The Morgan fingerprint density at radius 1 is 1.09 bits per heavy atom. The van der Waals surface area contributed by atoms with Crippen molar-refractivity contribution in [1.82, 2.24) is 15.2 Å². The number of aromatic amines is 1. The van der Waals surface area contributed by atoms with E-state index in [1.807, 2.05) is 48.5 Å². The summed E-state index contributed by atoms with van der Waals surface area (Å²) in [4.78, 5) is 21.7. The van der Waals surface area contributed by atoms with Gasteiger partial charge in [0.2, 0.25) is 11.1 Å². The van der Waals surface area contributed by atoms with Gasteiger partial charge in [0.15, 0.2) is 5.82 Å². The second kappa shape index (κ2) is 8.90. The number of fused-ring (bicyclic) bond motifs is 2. The van der Waals surface area contributed by atoms with E-state index in [4.69, 9.17) is 16.3 Å². The molecular weight excluding hydrogens is 464 g/mol. The minimum Gasteiger partial charge on any atom is -0.496 e. The van der Waals surface area contributed by atoms with Gasteiger partial charge in [0.1, 0.15) is 5.75 Å². The van der Waals surface area contributed by atoms with Crippen LogP contribution in [0.25, 0.3) is 11.4 Å². The maximum Gasteiger partial charge on any atom is 0.242 e. The van der Waals surface area contributed by atoms with Crippen molar-refractivity contribution in [1.29, 1.82) is 0 Å². The number of nitrogens with zero attached hydrogens (tertiary/aromatic N) is 3. The van der Waals surface area contributed by atoms with Gasteiger partial charge in [-0.25, -0.2) is 4.98 Å². The first-order valence-corrected chi connectivity index (χ1v) is 11.9. The van der Waals surface area contributed by atoms with Gasteiger partial charge in [0.25, 0.3) is 0 Å². The summed E-state index contributed by atoms with van der Waals surface area (Å²) in [6.45, 7) is 0. The van der Waals surface area contributed by atoms with E-state index in [0.717, 1.165) is 21.2 Å². The van der Waals surface area contributed by atoms with Crippen LogP contribution in [-0.2, 0) is 4.79 Å². The van der Waals surface area contributed by atoms with Crippen LogP contribution in [0, 0.1) is 0 Å². The first-order chi connectivity index (χ1) is 15.6. The molecule has 0 fully saturated rings. The van der Waals surface area contributed by atoms with Crippen LogP contribution in [-0.4, -0.2) is 34.0 Å². The summed E-state index contributed by atoms with van der Waals surface area (Å²) < 4.78 is 5.39. The molecule has 1 amide bonds. The Kier molecular flexibility index (Phi) is 5.82. The van der Waals surface area contributed by atoms with E-state index in [2.05, 4.69) is 15.2 Å². The normalized spacial score (nSPS) is 12.2. The highest BCUT2D eigenvalue weighted by Crippen LogP contribution is 2.48. The number of benzene rings is 3. The fourth-order valence-corrected chi connectivity index (χ4v) is 5.34. The number of carbonyl (C=O) groups is 1. The number of aromatic nitrogens is 3. The van der Waals surface area contributed by atoms with Crippen LogP contribution < -0.4 is 9.64 Å². The maximum atomic E-state index is 13.3. The van der Waals surface area contributed by atoms with Crippen LogP contribution in [0.5, 0.6) is 5.75 Å². The zero-order chi connectivity index (χ0) is 22.1. The molecule has 160 valence electrons. The average molecular weight is 481 g/mol. The molecule has 0 bridgehead atoms. The highest BCUT2D eigenvalue weighted by molar-refractivity contribution is 8.00. The molecule has 0 spiro atoms. The molecule has 0 aliphatic carbocycles. The number of halogens is 1. The number of thioether (sulfide) groups is 1. The molecule has 3 aromatic carbocycles. The zero-order valence-electron chi connectivity index (χ0n) is 16.9. The van der Waals surface area contributed by atoms with E-state index in [0.29, 0.717) is 27.3 Å². The van der Waals surface area contributed by atoms with E-state index in [9.17, 15) is 4.79 Å². The molecule has 1 N–H and O–H groups in total. The number of anilines is 2. The Morgan fingerprint density at radius 3 is 2.47 bits per heavy atom. The monoisotopic (exact) mass is 480 g/mol. The van der Waals surface area contributed by atoms with Crippen molar-refractivity contribution < 1.29 is 9.53 Å². The van der Waals surface area contributed by atoms with Crippen LogP contribution >= 0.6 is 35.1 Å². The Bertz CT molecular complexity index is 1270. The van der Waals surface area contributed by atoms with Crippen molar-refractivity contribution in [2.24, 2.45) is 0 Å². The van der Waals surface area contributed by atoms with Gasteiger partial charge in [0.05, 0.1) is 29.8 Å². The highest BCUT2D eigenvalue weighted by Gasteiger charge is 2.28. The molecule has 9 heteroatoms. The van der Waals surface area contributed by atoms with E-state index >= 15 is 0 Å². The standard InChI is InChI=1S/C23H17ClN4O2S2/c1-30-18-11-10-14(24)12-15(18)22-25-23(27-26-22)31-13-21(29)28-16-6-2-4-8-19(16)32-20-9-5-3-7-17(20)28/h2-12H,13H2,1H3,(H,25,26,27). The summed E-state index contributed by atoms with van der Waals surface area (Å²) in [6, 6.07) is 21.1. The highest BCUT2D eigenvalue weighted by atomic mass is 35.5. The first kappa shape index (κ1) is 20.9. The fraction of sp³-hybridized carbons (Fsp3) is 0.0870. The van der Waals surface area contributed by atoms with Crippen LogP contribution in [0.2, 0.25) is 5.02 Å². The smallest absolute Gasteiger partial charge is 0.242 e. The third kappa shape index (κ3) is 3.97. The van der Waals surface area contributed by atoms with Gasteiger partial charge in [-0.1, -0.05) is 59.4 Å². The lowest BCUT2D eigenvalue weighted by atomic mass is 10.2. The molecule has 4 aromatic rings. The fourth-order valence-electron chi connectivity index (χ4n) is 3.46. The summed E-state index contributed by atoms with van der Waals surface area (Å²) in [7, 11) is 1.59. The minimum absolute atomic E-state index is 0.0399. The molecule has 1 aliphatic heterocycles. The number of ether oxygens (including phenoxy) is 1. The Morgan fingerprint density at radius 2 is 1.78 bits per heavy atom. The SMILES string of the molecule is COc1ccc(Cl)cc1-c1nc(SCC(=O)N2c3ccccc3Sc3ccccc32)n[nH]1. The topological polar surface area (TPSA) is 71.1 Å². The molecule has 0 atom stereocenters. The largest absolute Gasteiger partial charge is 0.496 e. The lowest BCUT2D eigenvalue weighted by Gasteiger charge is -2.30. The summed E-state index contributed by atoms with van der Waals surface area (Å²) in [5, 5.41) is 8.21. The second-order valence-corrected chi connectivity index (χ2v) is 9.33. The van der Waals surface area contributed by atoms with Crippen LogP contribution in [0.4, 0.5) is 11.4 Å².